The zero-order valence-corrected chi connectivity index (χ0v) is 13.4. The summed E-state index contributed by atoms with van der Waals surface area (Å²) in [5, 5.41) is 16.8. The van der Waals surface area contributed by atoms with Crippen molar-refractivity contribution in [3.8, 4) is 28.6 Å². The van der Waals surface area contributed by atoms with E-state index in [9.17, 15) is 5.11 Å². The zero-order valence-electron chi connectivity index (χ0n) is 13.4. The van der Waals surface area contributed by atoms with Crippen LogP contribution >= 0.6 is 0 Å². The molecule has 6 heteroatoms. The van der Waals surface area contributed by atoms with Crippen molar-refractivity contribution in [1.29, 1.82) is 0 Å². The molecule has 1 heterocycles. The van der Waals surface area contributed by atoms with E-state index < -0.39 is 0 Å². The van der Waals surface area contributed by atoms with E-state index in [4.69, 9.17) is 9.47 Å². The van der Waals surface area contributed by atoms with E-state index in [1.165, 1.54) is 0 Å². The Morgan fingerprint density at radius 2 is 1.79 bits per heavy atom. The summed E-state index contributed by atoms with van der Waals surface area (Å²) in [5.74, 6) is 2.51. The van der Waals surface area contributed by atoms with Gasteiger partial charge in [-0.15, -0.1) is 0 Å². The number of hydrogen-bond donors (Lipinski definition) is 2. The SMILES string of the molecule is COc1ccc(/C=C/c2nc(-c3ccccc3O)n[nH]2)cc1OC. The van der Waals surface area contributed by atoms with Gasteiger partial charge in [-0.05, 0) is 35.9 Å². The predicted molar refractivity (Wildman–Crippen MR) is 92.0 cm³/mol. The van der Waals surface area contributed by atoms with Crippen molar-refractivity contribution in [3.05, 3.63) is 53.9 Å². The summed E-state index contributed by atoms with van der Waals surface area (Å²) in [6.07, 6.45) is 3.69. The van der Waals surface area contributed by atoms with Gasteiger partial charge in [0.05, 0.1) is 19.8 Å². The number of rotatable bonds is 5. The van der Waals surface area contributed by atoms with Crippen LogP contribution in [-0.2, 0) is 0 Å². The maximum atomic E-state index is 9.85. The minimum Gasteiger partial charge on any atom is -0.507 e. The second kappa shape index (κ2) is 6.87. The average molecular weight is 323 g/mol. The van der Waals surface area contributed by atoms with Crippen molar-refractivity contribution in [3.63, 3.8) is 0 Å². The predicted octanol–water partition coefficient (Wildman–Crippen LogP) is 3.36. The minimum atomic E-state index is 0.145. The molecule has 0 aliphatic heterocycles. The van der Waals surface area contributed by atoms with Gasteiger partial charge >= 0.3 is 0 Å². The van der Waals surface area contributed by atoms with E-state index in [0.29, 0.717) is 28.7 Å². The molecule has 0 aliphatic carbocycles. The molecular formula is C18H17N3O3. The van der Waals surface area contributed by atoms with Crippen LogP contribution in [0.25, 0.3) is 23.5 Å². The molecule has 3 aromatic rings. The normalized spacial score (nSPS) is 10.9. The molecule has 0 unspecified atom stereocenters. The van der Waals surface area contributed by atoms with Crippen molar-refractivity contribution >= 4 is 12.2 Å². The summed E-state index contributed by atoms with van der Waals surface area (Å²) < 4.78 is 10.5. The van der Waals surface area contributed by atoms with Crippen LogP contribution in [0.2, 0.25) is 0 Å². The molecule has 2 N–H and O–H groups in total. The fourth-order valence-corrected chi connectivity index (χ4v) is 2.26. The fourth-order valence-electron chi connectivity index (χ4n) is 2.26. The molecular weight excluding hydrogens is 306 g/mol. The Labute approximate surface area is 139 Å². The van der Waals surface area contributed by atoms with Crippen molar-refractivity contribution in [2.45, 2.75) is 0 Å². The molecule has 0 radical (unpaired) electrons. The number of methoxy groups -OCH3 is 2. The molecule has 0 saturated heterocycles. The van der Waals surface area contributed by atoms with Crippen molar-refractivity contribution in [1.82, 2.24) is 15.2 Å². The lowest BCUT2D eigenvalue weighted by Crippen LogP contribution is -1.90. The molecule has 1 aromatic heterocycles. The number of aromatic hydroxyl groups is 1. The highest BCUT2D eigenvalue weighted by Crippen LogP contribution is 2.28. The fraction of sp³-hybridized carbons (Fsp3) is 0.111. The van der Waals surface area contributed by atoms with Gasteiger partial charge in [0, 0.05) is 0 Å². The van der Waals surface area contributed by atoms with Crippen LogP contribution in [0.4, 0.5) is 0 Å². The lowest BCUT2D eigenvalue weighted by Gasteiger charge is -2.07. The molecule has 0 aliphatic rings. The molecule has 0 bridgehead atoms. The van der Waals surface area contributed by atoms with E-state index in [2.05, 4.69) is 15.2 Å². The van der Waals surface area contributed by atoms with Gasteiger partial charge in [0.2, 0.25) is 0 Å². The average Bonchev–Trinajstić information content (AvgIpc) is 3.08. The standard InChI is InChI=1S/C18H17N3O3/c1-23-15-9-7-12(11-16(15)24-2)8-10-17-19-18(21-20-17)13-5-3-4-6-14(13)22/h3-11,22H,1-2H3,(H,19,20,21)/b10-8+. The van der Waals surface area contributed by atoms with Gasteiger partial charge in [-0.1, -0.05) is 24.3 Å². The first-order valence-corrected chi connectivity index (χ1v) is 7.32. The number of H-pyrrole nitrogens is 1. The van der Waals surface area contributed by atoms with Gasteiger partial charge in [-0.25, -0.2) is 4.98 Å². The lowest BCUT2D eigenvalue weighted by atomic mass is 10.2. The Morgan fingerprint density at radius 3 is 2.54 bits per heavy atom. The van der Waals surface area contributed by atoms with E-state index >= 15 is 0 Å². The highest BCUT2D eigenvalue weighted by molar-refractivity contribution is 5.70. The number of aromatic amines is 1. The van der Waals surface area contributed by atoms with Crippen LogP contribution in [0.3, 0.4) is 0 Å². The number of nitrogens with zero attached hydrogens (tertiary/aromatic N) is 2. The molecule has 2 aromatic carbocycles. The first kappa shape index (κ1) is 15.6. The van der Waals surface area contributed by atoms with Gasteiger partial charge in [0.1, 0.15) is 11.6 Å². The molecule has 122 valence electrons. The molecule has 3 rings (SSSR count). The highest BCUT2D eigenvalue weighted by Gasteiger charge is 2.08. The number of benzene rings is 2. The van der Waals surface area contributed by atoms with Gasteiger partial charge in [-0.2, -0.15) is 5.10 Å². The Hall–Kier alpha value is -3.28. The van der Waals surface area contributed by atoms with Crippen LogP contribution in [0.1, 0.15) is 11.4 Å². The number of phenols is 1. The molecule has 0 saturated carbocycles. The summed E-state index contributed by atoms with van der Waals surface area (Å²) in [6, 6.07) is 12.6. The van der Waals surface area contributed by atoms with Gasteiger partial charge in [-0.3, -0.25) is 5.10 Å². The second-order valence-corrected chi connectivity index (χ2v) is 5.01. The zero-order chi connectivity index (χ0) is 16.9. The van der Waals surface area contributed by atoms with Crippen molar-refractivity contribution in [2.24, 2.45) is 0 Å². The maximum Gasteiger partial charge on any atom is 0.185 e. The largest absolute Gasteiger partial charge is 0.507 e. The summed E-state index contributed by atoms with van der Waals surface area (Å²) >= 11 is 0. The topological polar surface area (TPSA) is 80.3 Å². The molecule has 0 spiro atoms. The summed E-state index contributed by atoms with van der Waals surface area (Å²) in [4.78, 5) is 4.36. The highest BCUT2D eigenvalue weighted by atomic mass is 16.5. The number of ether oxygens (including phenoxy) is 2. The van der Waals surface area contributed by atoms with E-state index in [1.54, 1.807) is 38.5 Å². The monoisotopic (exact) mass is 323 g/mol. The van der Waals surface area contributed by atoms with E-state index in [1.807, 2.05) is 30.3 Å². The Bertz CT molecular complexity index is 871. The van der Waals surface area contributed by atoms with Crippen molar-refractivity contribution < 1.29 is 14.6 Å². The summed E-state index contributed by atoms with van der Waals surface area (Å²) in [7, 11) is 3.20. The van der Waals surface area contributed by atoms with Crippen LogP contribution in [-0.4, -0.2) is 34.5 Å². The van der Waals surface area contributed by atoms with Crippen LogP contribution in [0.5, 0.6) is 17.2 Å². The van der Waals surface area contributed by atoms with Crippen LogP contribution in [0, 0.1) is 0 Å². The second-order valence-electron chi connectivity index (χ2n) is 5.01. The van der Waals surface area contributed by atoms with Gasteiger partial charge in [0.15, 0.2) is 17.3 Å². The smallest absolute Gasteiger partial charge is 0.185 e. The summed E-state index contributed by atoms with van der Waals surface area (Å²) in [5.41, 5.74) is 1.52. The molecule has 6 nitrogen and oxygen atoms in total. The van der Waals surface area contributed by atoms with E-state index in [-0.39, 0.29) is 5.75 Å². The minimum absolute atomic E-state index is 0.145. The quantitative estimate of drug-likeness (QED) is 0.752. The van der Waals surface area contributed by atoms with Crippen molar-refractivity contribution in [2.75, 3.05) is 14.2 Å². The molecule has 24 heavy (non-hydrogen) atoms. The van der Waals surface area contributed by atoms with Crippen LogP contribution < -0.4 is 9.47 Å². The Kier molecular flexibility index (Phi) is 4.47. The van der Waals surface area contributed by atoms with Gasteiger partial charge < -0.3 is 14.6 Å². The number of phenolic OH excluding ortho intramolecular Hbond substituents is 1. The molecule has 0 atom stereocenters. The maximum absolute atomic E-state index is 9.85. The van der Waals surface area contributed by atoms with E-state index in [0.717, 1.165) is 5.56 Å². The summed E-state index contributed by atoms with van der Waals surface area (Å²) in [6.45, 7) is 0. The Morgan fingerprint density at radius 1 is 1.00 bits per heavy atom. The molecule has 0 fully saturated rings. The third kappa shape index (κ3) is 3.22. The number of nitrogens with one attached hydrogen (secondary N) is 1. The van der Waals surface area contributed by atoms with Crippen LogP contribution in [0.15, 0.2) is 42.5 Å². The van der Waals surface area contributed by atoms with Gasteiger partial charge in [0.25, 0.3) is 0 Å². The number of para-hydroxylation sites is 1. The molecule has 0 amide bonds. The lowest BCUT2D eigenvalue weighted by molar-refractivity contribution is 0.355. The first-order chi connectivity index (χ1) is 11.7. The first-order valence-electron chi connectivity index (χ1n) is 7.32. The Balaban J connectivity index is 1.82. The number of hydrogen-bond acceptors (Lipinski definition) is 5. The number of aromatic nitrogens is 3. The third-order valence-electron chi connectivity index (χ3n) is 3.49. The third-order valence-corrected chi connectivity index (χ3v) is 3.49.